The molecule has 2 bridgehead atoms. The quantitative estimate of drug-likeness (QED) is 0.186. The number of benzene rings is 3. The summed E-state index contributed by atoms with van der Waals surface area (Å²) in [5.41, 5.74) is 13.2. The molecule has 1 saturated carbocycles. The summed E-state index contributed by atoms with van der Waals surface area (Å²) in [5.74, 6) is 3.49. The second kappa shape index (κ2) is 9.40. The van der Waals surface area contributed by atoms with Crippen molar-refractivity contribution in [2.24, 2.45) is 0 Å². The van der Waals surface area contributed by atoms with E-state index in [0.29, 0.717) is 23.9 Å². The highest BCUT2D eigenvalue weighted by molar-refractivity contribution is 5.86. The molecule has 2 aromatic heterocycles. The summed E-state index contributed by atoms with van der Waals surface area (Å²) in [6.45, 7) is 2.16. The molecule has 2 saturated heterocycles. The van der Waals surface area contributed by atoms with E-state index in [0.717, 1.165) is 54.3 Å². The largest absolute Gasteiger partial charge is 0.341 e. The number of rotatable bonds is 5. The average Bonchev–Trinajstić information content (AvgIpc) is 3.86. The third-order valence-corrected chi connectivity index (χ3v) is 10.2. The van der Waals surface area contributed by atoms with Crippen LogP contribution in [0, 0.1) is 0 Å². The van der Waals surface area contributed by atoms with E-state index in [2.05, 4.69) is 80.2 Å². The van der Waals surface area contributed by atoms with Gasteiger partial charge in [0.2, 0.25) is 0 Å². The van der Waals surface area contributed by atoms with Gasteiger partial charge in [0.1, 0.15) is 11.6 Å². The van der Waals surface area contributed by atoms with Crippen LogP contribution in [0.1, 0.15) is 91.6 Å². The number of hydrogen-bond acceptors (Lipinski definition) is 4. The zero-order valence-corrected chi connectivity index (χ0v) is 23.3. The van der Waals surface area contributed by atoms with E-state index >= 15 is 0 Å². The van der Waals surface area contributed by atoms with E-state index < -0.39 is 0 Å². The van der Waals surface area contributed by atoms with Crippen LogP contribution in [0.3, 0.4) is 0 Å². The Hall–Kier alpha value is -3.74. The second-order valence-electron chi connectivity index (χ2n) is 12.6. The van der Waals surface area contributed by atoms with Crippen LogP contribution in [0.15, 0.2) is 60.8 Å². The third-order valence-electron chi connectivity index (χ3n) is 10.2. The second-order valence-corrected chi connectivity index (χ2v) is 12.6. The van der Waals surface area contributed by atoms with Crippen molar-refractivity contribution in [3.63, 3.8) is 0 Å². The lowest BCUT2D eigenvalue weighted by atomic mass is 9.81. The van der Waals surface area contributed by atoms with Crippen molar-refractivity contribution in [3.8, 4) is 33.5 Å². The predicted octanol–water partition coefficient (Wildman–Crippen LogP) is 7.50. The average molecular weight is 541 g/mol. The Bertz CT molecular complexity index is 1750. The first-order valence-electron chi connectivity index (χ1n) is 15.6. The minimum atomic E-state index is 0.358. The number of aromatic nitrogens is 4. The molecule has 206 valence electrons. The highest BCUT2D eigenvalue weighted by Gasteiger charge is 2.40. The summed E-state index contributed by atoms with van der Waals surface area (Å²) >= 11 is 0. The molecule has 9 rings (SSSR count). The van der Waals surface area contributed by atoms with Crippen LogP contribution >= 0.6 is 0 Å². The molecule has 2 aliphatic heterocycles. The molecule has 2 aliphatic carbocycles. The Morgan fingerprint density at radius 2 is 1.29 bits per heavy atom. The molecule has 5 aromatic rings. The third kappa shape index (κ3) is 3.92. The van der Waals surface area contributed by atoms with Crippen LogP contribution in [0.25, 0.3) is 44.5 Å². The van der Waals surface area contributed by atoms with Gasteiger partial charge in [0.25, 0.3) is 0 Å². The molecule has 0 spiro atoms. The minimum absolute atomic E-state index is 0.358. The zero-order valence-electron chi connectivity index (χ0n) is 23.3. The summed E-state index contributed by atoms with van der Waals surface area (Å²) in [7, 11) is 0. The molecule has 41 heavy (non-hydrogen) atoms. The van der Waals surface area contributed by atoms with Crippen molar-refractivity contribution in [1.82, 2.24) is 30.6 Å². The number of nitrogens with zero attached hydrogens (tertiary/aromatic N) is 2. The van der Waals surface area contributed by atoms with Gasteiger partial charge < -0.3 is 20.6 Å². The standard InChI is InChI=1S/C35H36N6/c1-3-28(36-15-1)34-38-19-31(41-34)21-7-5-20(6-8-21)25-12-13-26(33-24-10-9-23(17-24)32(25)33)22-11-14-27-30(18-22)40-35(39-27)29-4-2-16-37-29/h5-8,11-14,18-19,23-24,28-29,36-37H,1-4,9-10,15-17H2,(H,38,41)(H,39,40). The number of aromatic amines is 2. The van der Waals surface area contributed by atoms with Crippen LogP contribution in [0.4, 0.5) is 0 Å². The summed E-state index contributed by atoms with van der Waals surface area (Å²) in [4.78, 5) is 16.8. The van der Waals surface area contributed by atoms with Crippen molar-refractivity contribution < 1.29 is 0 Å². The van der Waals surface area contributed by atoms with E-state index in [9.17, 15) is 0 Å². The maximum Gasteiger partial charge on any atom is 0.124 e. The lowest BCUT2D eigenvalue weighted by Crippen LogP contribution is -2.14. The summed E-state index contributed by atoms with van der Waals surface area (Å²) in [5, 5.41) is 7.12. The van der Waals surface area contributed by atoms with Gasteiger partial charge in [0, 0.05) is 0 Å². The van der Waals surface area contributed by atoms with Crippen molar-refractivity contribution in [1.29, 1.82) is 0 Å². The number of imidazole rings is 2. The molecule has 6 nitrogen and oxygen atoms in total. The molecule has 3 fully saturated rings. The van der Waals surface area contributed by atoms with Crippen LogP contribution in [-0.4, -0.2) is 33.0 Å². The molecular formula is C35H36N6. The molecular weight excluding hydrogens is 504 g/mol. The van der Waals surface area contributed by atoms with Gasteiger partial charge in [-0.25, -0.2) is 9.97 Å². The molecule has 0 amide bonds. The molecule has 4 unspecified atom stereocenters. The summed E-state index contributed by atoms with van der Waals surface area (Å²) in [6, 6.07) is 21.4. The molecule has 0 radical (unpaired) electrons. The normalized spacial score (nSPS) is 25.0. The van der Waals surface area contributed by atoms with Gasteiger partial charge in [-0.1, -0.05) is 42.5 Å². The number of fused-ring (bicyclic) bond motifs is 6. The topological polar surface area (TPSA) is 81.4 Å². The predicted molar refractivity (Wildman–Crippen MR) is 164 cm³/mol. The van der Waals surface area contributed by atoms with E-state index in [1.165, 1.54) is 59.9 Å². The highest BCUT2D eigenvalue weighted by Crippen LogP contribution is 2.58. The van der Waals surface area contributed by atoms with Crippen molar-refractivity contribution in [2.45, 2.75) is 68.9 Å². The summed E-state index contributed by atoms with van der Waals surface area (Å²) < 4.78 is 0. The molecule has 4 heterocycles. The first-order valence-corrected chi connectivity index (χ1v) is 15.6. The SMILES string of the molecule is c1cc(-c2ccc(-c3ccc4nc(C5CCCN5)[nH]c4c3)c3c2C2CCC3C2)ccc1-c1cnc(C2CCCN2)[nH]1. The van der Waals surface area contributed by atoms with E-state index in [1.54, 1.807) is 11.1 Å². The van der Waals surface area contributed by atoms with Crippen LogP contribution < -0.4 is 10.6 Å². The van der Waals surface area contributed by atoms with Gasteiger partial charge in [0.15, 0.2) is 0 Å². The van der Waals surface area contributed by atoms with Gasteiger partial charge in [-0.2, -0.15) is 0 Å². The van der Waals surface area contributed by atoms with Crippen molar-refractivity contribution >= 4 is 11.0 Å². The Kier molecular flexibility index (Phi) is 5.48. The fourth-order valence-corrected chi connectivity index (χ4v) is 8.21. The highest BCUT2D eigenvalue weighted by atomic mass is 15.0. The van der Waals surface area contributed by atoms with Crippen molar-refractivity contribution in [2.75, 3.05) is 13.1 Å². The fraction of sp³-hybridized carbons (Fsp3) is 0.371. The Morgan fingerprint density at radius 1 is 0.634 bits per heavy atom. The molecule has 4 aliphatic rings. The maximum atomic E-state index is 4.92. The maximum absolute atomic E-state index is 4.92. The van der Waals surface area contributed by atoms with Gasteiger partial charge in [-0.3, -0.25) is 0 Å². The monoisotopic (exact) mass is 540 g/mol. The van der Waals surface area contributed by atoms with Crippen LogP contribution in [0.2, 0.25) is 0 Å². The lowest BCUT2D eigenvalue weighted by molar-refractivity contribution is 0.613. The van der Waals surface area contributed by atoms with E-state index in [1.807, 2.05) is 6.20 Å². The number of H-pyrrole nitrogens is 2. The molecule has 3 aromatic carbocycles. The fourth-order valence-electron chi connectivity index (χ4n) is 8.21. The Balaban J connectivity index is 1.06. The lowest BCUT2D eigenvalue weighted by Gasteiger charge is -2.23. The molecule has 4 atom stereocenters. The van der Waals surface area contributed by atoms with Gasteiger partial charge in [-0.15, -0.1) is 0 Å². The first-order chi connectivity index (χ1) is 20.3. The minimum Gasteiger partial charge on any atom is -0.341 e. The Morgan fingerprint density at radius 3 is 2.00 bits per heavy atom. The van der Waals surface area contributed by atoms with E-state index in [-0.39, 0.29) is 0 Å². The number of nitrogens with one attached hydrogen (secondary N) is 4. The van der Waals surface area contributed by atoms with Crippen LogP contribution in [0.5, 0.6) is 0 Å². The van der Waals surface area contributed by atoms with Gasteiger partial charge in [-0.05, 0) is 121 Å². The van der Waals surface area contributed by atoms with E-state index in [4.69, 9.17) is 4.98 Å². The van der Waals surface area contributed by atoms with Crippen molar-refractivity contribution in [3.05, 3.63) is 83.6 Å². The Labute approximate surface area is 240 Å². The van der Waals surface area contributed by atoms with Crippen LogP contribution in [-0.2, 0) is 0 Å². The first kappa shape index (κ1) is 23.9. The van der Waals surface area contributed by atoms with Gasteiger partial charge >= 0.3 is 0 Å². The molecule has 4 N–H and O–H groups in total. The number of hydrogen-bond donors (Lipinski definition) is 4. The van der Waals surface area contributed by atoms with Gasteiger partial charge in [0.05, 0.1) is 35.0 Å². The molecule has 6 heteroatoms. The zero-order chi connectivity index (χ0) is 26.9. The summed E-state index contributed by atoms with van der Waals surface area (Å²) in [6.07, 6.45) is 10.7. The smallest absolute Gasteiger partial charge is 0.124 e.